The number of carbonyl (C=O) groups excluding carboxylic acids is 1. The van der Waals surface area contributed by atoms with E-state index in [0.717, 1.165) is 5.69 Å². The van der Waals surface area contributed by atoms with Crippen LogP contribution in [-0.2, 0) is 4.79 Å². The number of aryl methyl sites for hydroxylation is 1. The van der Waals surface area contributed by atoms with Crippen LogP contribution in [0, 0.1) is 6.92 Å². The predicted octanol–water partition coefficient (Wildman–Crippen LogP) is 0.763. The largest absolute Gasteiger partial charge is 0.358 e. The minimum Gasteiger partial charge on any atom is -0.358 e. The van der Waals surface area contributed by atoms with Crippen molar-refractivity contribution >= 4 is 17.7 Å². The van der Waals surface area contributed by atoms with Crippen LogP contribution >= 0.6 is 0 Å². The molecular weight excluding hydrogens is 218 g/mol. The molecule has 6 heteroatoms. The first-order chi connectivity index (χ1) is 8.06. The fourth-order valence-corrected chi connectivity index (χ4v) is 1.37. The molecule has 0 saturated carbocycles. The normalized spacial score (nSPS) is 11.8. The summed E-state index contributed by atoms with van der Waals surface area (Å²) < 4.78 is 0. The summed E-state index contributed by atoms with van der Waals surface area (Å²) in [5.74, 6) is 1.13. The Hall–Kier alpha value is -1.85. The van der Waals surface area contributed by atoms with Gasteiger partial charge in [0.1, 0.15) is 11.9 Å². The molecule has 1 unspecified atom stereocenters. The lowest BCUT2D eigenvalue weighted by Crippen LogP contribution is -2.37. The first kappa shape index (κ1) is 13.2. The Morgan fingerprint density at radius 3 is 2.76 bits per heavy atom. The Kier molecular flexibility index (Phi) is 4.68. The molecule has 6 nitrogen and oxygen atoms in total. The summed E-state index contributed by atoms with van der Waals surface area (Å²) in [4.78, 5) is 20.0. The number of anilines is 2. The number of hydrogen-bond donors (Lipinski definition) is 3. The average molecular weight is 237 g/mol. The second-order valence-corrected chi connectivity index (χ2v) is 3.73. The summed E-state index contributed by atoms with van der Waals surface area (Å²) in [6.45, 7) is 6.18. The van der Waals surface area contributed by atoms with Crippen molar-refractivity contribution in [3.05, 3.63) is 11.8 Å². The third-order valence-corrected chi connectivity index (χ3v) is 2.19. The van der Waals surface area contributed by atoms with Crippen molar-refractivity contribution in [2.24, 2.45) is 0 Å². The third-order valence-electron chi connectivity index (χ3n) is 2.19. The van der Waals surface area contributed by atoms with E-state index in [4.69, 9.17) is 0 Å². The number of amides is 1. The Labute approximate surface area is 101 Å². The quantitative estimate of drug-likeness (QED) is 0.704. The van der Waals surface area contributed by atoms with E-state index in [0.29, 0.717) is 18.3 Å². The van der Waals surface area contributed by atoms with Crippen LogP contribution in [0.15, 0.2) is 6.07 Å². The molecule has 1 aromatic heterocycles. The second kappa shape index (κ2) is 6.03. The Morgan fingerprint density at radius 1 is 1.47 bits per heavy atom. The van der Waals surface area contributed by atoms with Crippen molar-refractivity contribution in [2.75, 3.05) is 24.2 Å². The van der Waals surface area contributed by atoms with E-state index in [1.807, 2.05) is 13.8 Å². The van der Waals surface area contributed by atoms with Crippen molar-refractivity contribution in [3.63, 3.8) is 0 Å². The molecular formula is C11H19N5O. The molecule has 0 aliphatic heterocycles. The SMILES string of the molecule is CCNC(=O)C(C)Nc1cc(C)nc(NC)n1. The van der Waals surface area contributed by atoms with Gasteiger partial charge in [0.05, 0.1) is 0 Å². The molecule has 1 heterocycles. The van der Waals surface area contributed by atoms with E-state index in [1.165, 1.54) is 0 Å². The molecule has 0 saturated heterocycles. The predicted molar refractivity (Wildman–Crippen MR) is 68.1 cm³/mol. The van der Waals surface area contributed by atoms with Crippen LogP contribution in [0.2, 0.25) is 0 Å². The standard InChI is InChI=1S/C11H19N5O/c1-5-13-10(17)8(3)15-9-6-7(2)14-11(12-4)16-9/h6,8H,5H2,1-4H3,(H,13,17)(H2,12,14,15,16). The van der Waals surface area contributed by atoms with Gasteiger partial charge in [0.25, 0.3) is 0 Å². The molecule has 1 atom stereocenters. The molecule has 0 aliphatic rings. The number of aromatic nitrogens is 2. The van der Waals surface area contributed by atoms with Gasteiger partial charge in [-0.15, -0.1) is 0 Å². The summed E-state index contributed by atoms with van der Waals surface area (Å²) in [6, 6.07) is 1.48. The van der Waals surface area contributed by atoms with E-state index in [1.54, 1.807) is 20.0 Å². The van der Waals surface area contributed by atoms with Crippen molar-refractivity contribution in [2.45, 2.75) is 26.8 Å². The first-order valence-electron chi connectivity index (χ1n) is 5.64. The Balaban J connectivity index is 2.73. The number of carbonyl (C=O) groups is 1. The highest BCUT2D eigenvalue weighted by molar-refractivity contribution is 5.83. The van der Waals surface area contributed by atoms with Crippen LogP contribution in [-0.4, -0.2) is 35.5 Å². The van der Waals surface area contributed by atoms with Gasteiger partial charge in [0.2, 0.25) is 11.9 Å². The first-order valence-corrected chi connectivity index (χ1v) is 5.64. The van der Waals surface area contributed by atoms with Crippen molar-refractivity contribution in [1.29, 1.82) is 0 Å². The van der Waals surface area contributed by atoms with E-state index >= 15 is 0 Å². The number of nitrogens with zero attached hydrogens (tertiary/aromatic N) is 2. The molecule has 0 fully saturated rings. The van der Waals surface area contributed by atoms with Gasteiger partial charge >= 0.3 is 0 Å². The zero-order valence-electron chi connectivity index (χ0n) is 10.7. The molecule has 0 radical (unpaired) electrons. The third kappa shape index (κ3) is 3.90. The Morgan fingerprint density at radius 2 is 2.18 bits per heavy atom. The van der Waals surface area contributed by atoms with Gasteiger partial charge in [-0.05, 0) is 20.8 Å². The number of rotatable bonds is 5. The zero-order valence-corrected chi connectivity index (χ0v) is 10.7. The number of hydrogen-bond acceptors (Lipinski definition) is 5. The maximum atomic E-state index is 11.6. The van der Waals surface area contributed by atoms with Crippen LogP contribution in [0.25, 0.3) is 0 Å². The summed E-state index contributed by atoms with van der Waals surface area (Å²) in [7, 11) is 1.76. The molecule has 0 spiro atoms. The Bertz CT molecular complexity index is 393. The summed E-state index contributed by atoms with van der Waals surface area (Å²) in [5, 5.41) is 8.66. The lowest BCUT2D eigenvalue weighted by atomic mass is 10.3. The zero-order chi connectivity index (χ0) is 12.8. The molecule has 3 N–H and O–H groups in total. The van der Waals surface area contributed by atoms with Gasteiger partial charge in [-0.2, -0.15) is 4.98 Å². The molecule has 94 valence electrons. The van der Waals surface area contributed by atoms with Crippen molar-refractivity contribution in [1.82, 2.24) is 15.3 Å². The van der Waals surface area contributed by atoms with Crippen LogP contribution in [0.4, 0.5) is 11.8 Å². The van der Waals surface area contributed by atoms with Crippen LogP contribution in [0.5, 0.6) is 0 Å². The molecule has 1 rings (SSSR count). The molecule has 1 amide bonds. The smallest absolute Gasteiger partial charge is 0.242 e. The summed E-state index contributed by atoms with van der Waals surface area (Å²) in [6.07, 6.45) is 0. The minimum absolute atomic E-state index is 0.0465. The van der Waals surface area contributed by atoms with Gasteiger partial charge in [-0.25, -0.2) is 4.98 Å². The maximum Gasteiger partial charge on any atom is 0.242 e. The highest BCUT2D eigenvalue weighted by atomic mass is 16.2. The van der Waals surface area contributed by atoms with Gasteiger partial charge in [-0.1, -0.05) is 0 Å². The molecule has 0 aromatic carbocycles. The fourth-order valence-electron chi connectivity index (χ4n) is 1.37. The van der Waals surface area contributed by atoms with Gasteiger partial charge in [0.15, 0.2) is 0 Å². The highest BCUT2D eigenvalue weighted by Gasteiger charge is 2.12. The second-order valence-electron chi connectivity index (χ2n) is 3.73. The highest BCUT2D eigenvalue weighted by Crippen LogP contribution is 2.10. The molecule has 0 aliphatic carbocycles. The van der Waals surface area contributed by atoms with Crippen LogP contribution < -0.4 is 16.0 Å². The number of nitrogens with one attached hydrogen (secondary N) is 3. The maximum absolute atomic E-state index is 11.6. The number of likely N-dealkylation sites (N-methyl/N-ethyl adjacent to an activating group) is 1. The van der Waals surface area contributed by atoms with E-state index in [2.05, 4.69) is 25.9 Å². The molecule has 17 heavy (non-hydrogen) atoms. The fraction of sp³-hybridized carbons (Fsp3) is 0.545. The molecule has 0 bridgehead atoms. The lowest BCUT2D eigenvalue weighted by molar-refractivity contribution is -0.121. The summed E-state index contributed by atoms with van der Waals surface area (Å²) >= 11 is 0. The van der Waals surface area contributed by atoms with Gasteiger partial charge < -0.3 is 16.0 Å². The summed E-state index contributed by atoms with van der Waals surface area (Å²) in [5.41, 5.74) is 0.843. The van der Waals surface area contributed by atoms with E-state index in [9.17, 15) is 4.79 Å². The van der Waals surface area contributed by atoms with Crippen LogP contribution in [0.1, 0.15) is 19.5 Å². The van der Waals surface area contributed by atoms with Gasteiger partial charge in [0, 0.05) is 25.4 Å². The topological polar surface area (TPSA) is 78.9 Å². The molecule has 1 aromatic rings. The van der Waals surface area contributed by atoms with Crippen LogP contribution in [0.3, 0.4) is 0 Å². The monoisotopic (exact) mass is 237 g/mol. The van der Waals surface area contributed by atoms with Crippen molar-refractivity contribution in [3.8, 4) is 0 Å². The van der Waals surface area contributed by atoms with E-state index < -0.39 is 0 Å². The lowest BCUT2D eigenvalue weighted by Gasteiger charge is -2.14. The van der Waals surface area contributed by atoms with Crippen molar-refractivity contribution < 1.29 is 4.79 Å². The average Bonchev–Trinajstić information content (AvgIpc) is 2.28. The van der Waals surface area contributed by atoms with E-state index in [-0.39, 0.29) is 11.9 Å². The van der Waals surface area contributed by atoms with Gasteiger partial charge in [-0.3, -0.25) is 4.79 Å². The minimum atomic E-state index is -0.325.